The number of nitrogens with zero attached hydrogens (tertiary/aromatic N) is 2. The Morgan fingerprint density at radius 3 is 2.52 bits per heavy atom. The Kier molecular flexibility index (Phi) is 5.52. The number of anilines is 1. The fourth-order valence-corrected chi connectivity index (χ4v) is 3.72. The molecule has 14 nitrogen and oxygen atoms in total. The van der Waals surface area contributed by atoms with E-state index in [1.807, 2.05) is 0 Å². The lowest BCUT2D eigenvalue weighted by Gasteiger charge is -2.42. The van der Waals surface area contributed by atoms with Crippen molar-refractivity contribution in [3.05, 3.63) is 11.1 Å². The van der Waals surface area contributed by atoms with E-state index >= 15 is 0 Å². The number of nitrogen functional groups attached to an aromatic ring is 1. The number of ether oxygens (including phenoxy) is 1. The van der Waals surface area contributed by atoms with E-state index in [0.29, 0.717) is 0 Å². The van der Waals surface area contributed by atoms with E-state index in [1.165, 1.54) is 5.38 Å². The van der Waals surface area contributed by atoms with E-state index in [4.69, 9.17) is 16.0 Å². The summed E-state index contributed by atoms with van der Waals surface area (Å²) in [5, 5.41) is 5.61. The predicted octanol–water partition coefficient (Wildman–Crippen LogP) is -2.89. The normalized spacial score (nSPS) is 20.4. The molecule has 7 N–H and O–H groups in total. The van der Waals surface area contributed by atoms with E-state index in [1.54, 1.807) is 0 Å². The number of thiazole rings is 1. The summed E-state index contributed by atoms with van der Waals surface area (Å²) in [4.78, 5) is 51.2. The van der Waals surface area contributed by atoms with Gasteiger partial charge >= 0.3 is 22.3 Å². The van der Waals surface area contributed by atoms with Crippen molar-refractivity contribution >= 4 is 50.6 Å². The number of aromatic nitrogens is 1. The lowest BCUT2D eigenvalue weighted by Crippen LogP contribution is -2.75. The van der Waals surface area contributed by atoms with Crippen molar-refractivity contribution in [3.63, 3.8) is 0 Å². The van der Waals surface area contributed by atoms with Crippen LogP contribution in [0.2, 0.25) is 0 Å². The second kappa shape index (κ2) is 7.33. The highest BCUT2D eigenvalue weighted by atomic mass is 32.2. The second-order valence-electron chi connectivity index (χ2n) is 5.12. The first-order valence-electron chi connectivity index (χ1n) is 6.93. The number of hydrogen-bond donors (Lipinski definition) is 5. The third kappa shape index (κ3) is 4.07. The number of β-lactam (4-membered cyclic amide) rings is 1. The van der Waals surface area contributed by atoms with E-state index in [2.05, 4.69) is 20.4 Å². The van der Waals surface area contributed by atoms with Gasteiger partial charge in [0.1, 0.15) is 6.04 Å². The fourth-order valence-electron chi connectivity index (χ4n) is 2.30. The average molecular weight is 422 g/mol. The average Bonchev–Trinajstić information content (AvgIpc) is 2.98. The molecule has 2 rings (SSSR count). The number of rotatable bonds is 6. The molecule has 1 aliphatic rings. The summed E-state index contributed by atoms with van der Waals surface area (Å²) in [7, 11) is -4.14. The maximum absolute atomic E-state index is 12.5. The van der Waals surface area contributed by atoms with Gasteiger partial charge in [0.05, 0.1) is 12.8 Å². The van der Waals surface area contributed by atoms with Crippen molar-refractivity contribution < 1.29 is 36.9 Å². The van der Waals surface area contributed by atoms with Gasteiger partial charge in [-0.25, -0.2) is 14.6 Å². The zero-order chi connectivity index (χ0) is 20.5. The van der Waals surface area contributed by atoms with Crippen LogP contribution in [0.4, 0.5) is 9.93 Å². The zero-order valence-electron chi connectivity index (χ0n) is 13.5. The Morgan fingerprint density at radius 2 is 2.07 bits per heavy atom. The largest absolute Gasteiger partial charge is 0.467 e. The molecule has 3 atom stereocenters. The van der Waals surface area contributed by atoms with Crippen molar-refractivity contribution in [3.8, 4) is 0 Å². The Morgan fingerprint density at radius 1 is 1.44 bits per heavy atom. The third-order valence-corrected chi connectivity index (χ3v) is 5.02. The summed E-state index contributed by atoms with van der Waals surface area (Å²) < 4.78 is 35.8. The maximum atomic E-state index is 12.5. The molecule has 1 saturated heterocycles. The molecule has 2 heterocycles. The van der Waals surface area contributed by atoms with Crippen LogP contribution in [0.25, 0.3) is 0 Å². The molecular formula is C11H14N6O8S2. The summed E-state index contributed by atoms with van der Waals surface area (Å²) in [5.74, 6) is -3.51. The molecule has 1 aromatic rings. The van der Waals surface area contributed by atoms with Gasteiger partial charge in [-0.3, -0.25) is 14.1 Å². The van der Waals surface area contributed by atoms with Crippen LogP contribution in [0.1, 0.15) is 11.7 Å². The number of carbonyl (C=O) groups excluding carboxylic acids is 4. The maximum Gasteiger partial charge on any atom is 0.363 e. The molecule has 27 heavy (non-hydrogen) atoms. The molecular weight excluding hydrogens is 408 g/mol. The highest BCUT2D eigenvalue weighted by Crippen LogP contribution is 2.26. The molecule has 16 heteroatoms. The molecule has 0 aromatic carbocycles. The van der Waals surface area contributed by atoms with Crippen LogP contribution in [0, 0.1) is 0 Å². The Bertz CT molecular complexity index is 898. The SMILES string of the molecule is COC(=O)[C@H]1[C@@H](NC(=O)C(NC(N)=O)c2csc(N)n2)C(=O)N1S(=O)(=O)O. The van der Waals surface area contributed by atoms with Crippen molar-refractivity contribution in [2.45, 2.75) is 18.1 Å². The molecule has 0 aliphatic carbocycles. The molecule has 1 fully saturated rings. The summed E-state index contributed by atoms with van der Waals surface area (Å²) in [6.07, 6.45) is 0. The van der Waals surface area contributed by atoms with Crippen LogP contribution >= 0.6 is 11.3 Å². The molecule has 0 spiro atoms. The third-order valence-electron chi connectivity index (χ3n) is 3.42. The minimum atomic E-state index is -5.06. The Balaban J connectivity index is 2.26. The van der Waals surface area contributed by atoms with Gasteiger partial charge in [-0.2, -0.15) is 12.7 Å². The van der Waals surface area contributed by atoms with Gasteiger partial charge in [0.25, 0.3) is 5.91 Å². The Labute approximate surface area is 155 Å². The number of primary amides is 1. The number of nitrogens with one attached hydrogen (secondary N) is 2. The van der Waals surface area contributed by atoms with Gasteiger partial charge in [0.15, 0.2) is 17.2 Å². The van der Waals surface area contributed by atoms with Crippen molar-refractivity contribution in [2.75, 3.05) is 12.8 Å². The topological polar surface area (TPSA) is 224 Å². The summed E-state index contributed by atoms with van der Waals surface area (Å²) in [6, 6.07) is -6.05. The predicted molar refractivity (Wildman–Crippen MR) is 88.1 cm³/mol. The van der Waals surface area contributed by atoms with E-state index in [-0.39, 0.29) is 15.1 Å². The smallest absolute Gasteiger partial charge is 0.363 e. The lowest BCUT2D eigenvalue weighted by molar-refractivity contribution is -0.162. The number of amides is 4. The van der Waals surface area contributed by atoms with Crippen molar-refractivity contribution in [1.29, 1.82) is 0 Å². The summed E-state index contributed by atoms with van der Waals surface area (Å²) >= 11 is 0.962. The van der Waals surface area contributed by atoms with E-state index in [0.717, 1.165) is 18.4 Å². The first-order valence-corrected chi connectivity index (χ1v) is 9.20. The van der Waals surface area contributed by atoms with Gasteiger partial charge in [0.2, 0.25) is 5.91 Å². The first kappa shape index (κ1) is 20.3. The summed E-state index contributed by atoms with van der Waals surface area (Å²) in [5.41, 5.74) is 10.5. The fraction of sp³-hybridized carbons (Fsp3) is 0.364. The van der Waals surface area contributed by atoms with Gasteiger partial charge in [-0.1, -0.05) is 0 Å². The summed E-state index contributed by atoms with van der Waals surface area (Å²) in [6.45, 7) is 0. The molecule has 4 amide bonds. The molecule has 0 saturated carbocycles. The molecule has 0 bridgehead atoms. The van der Waals surface area contributed by atoms with Crippen LogP contribution in [0.3, 0.4) is 0 Å². The molecule has 1 aliphatic heterocycles. The van der Waals surface area contributed by atoms with Crippen LogP contribution in [0.15, 0.2) is 5.38 Å². The number of urea groups is 1. The van der Waals surface area contributed by atoms with Crippen molar-refractivity contribution in [1.82, 2.24) is 19.9 Å². The van der Waals surface area contributed by atoms with Crippen LogP contribution in [-0.4, -0.2) is 65.3 Å². The Hall–Kier alpha value is -2.98. The van der Waals surface area contributed by atoms with E-state index < -0.39 is 52.2 Å². The van der Waals surface area contributed by atoms with E-state index in [9.17, 15) is 27.6 Å². The molecule has 0 radical (unpaired) electrons. The first-order chi connectivity index (χ1) is 12.5. The van der Waals surface area contributed by atoms with Gasteiger partial charge in [-0.05, 0) is 0 Å². The van der Waals surface area contributed by atoms with Gasteiger partial charge in [0, 0.05) is 5.38 Å². The van der Waals surface area contributed by atoms with Crippen LogP contribution in [-0.2, 0) is 29.4 Å². The van der Waals surface area contributed by atoms with Crippen molar-refractivity contribution in [2.24, 2.45) is 5.73 Å². The van der Waals surface area contributed by atoms with Gasteiger partial charge in [-0.15, -0.1) is 11.3 Å². The molecule has 1 unspecified atom stereocenters. The number of nitrogens with two attached hydrogens (primary N) is 2. The standard InChI is InChI=1S/C11H14N6O8S2/c1-25-9(20)6-5(8(19)17(6)27(22,23)24)15-7(18)4(16-10(12)21)3-2-26-11(13)14-3/h2,4-6H,1H3,(H2,13,14)(H,15,18)(H3,12,16,21)(H,22,23,24)/t4?,5-,6-/m1/s1. The minimum absolute atomic E-state index is 0.00169. The molecule has 148 valence electrons. The van der Waals surface area contributed by atoms with Crippen LogP contribution < -0.4 is 22.1 Å². The highest BCUT2D eigenvalue weighted by Gasteiger charge is 2.58. The number of esters is 1. The quantitative estimate of drug-likeness (QED) is 0.179. The number of carbonyl (C=O) groups is 4. The van der Waals surface area contributed by atoms with Gasteiger partial charge < -0.3 is 26.8 Å². The zero-order valence-corrected chi connectivity index (χ0v) is 15.1. The number of hydrogen-bond acceptors (Lipinski definition) is 10. The lowest BCUT2D eigenvalue weighted by atomic mass is 9.98. The number of methoxy groups -OCH3 is 1. The second-order valence-corrected chi connectivity index (χ2v) is 7.30. The minimum Gasteiger partial charge on any atom is -0.467 e. The molecule has 1 aromatic heterocycles. The monoisotopic (exact) mass is 422 g/mol. The highest BCUT2D eigenvalue weighted by molar-refractivity contribution is 7.84. The van der Waals surface area contributed by atoms with Crippen LogP contribution in [0.5, 0.6) is 0 Å².